The maximum Gasteiger partial charge on any atom is 0.136 e. The number of ether oxygens (including phenoxy) is 1. The first-order valence-electron chi connectivity index (χ1n) is 3.94. The second-order valence-corrected chi connectivity index (χ2v) is 4.16. The lowest BCUT2D eigenvalue weighted by Crippen LogP contribution is -1.83. The molecule has 0 atom stereocenters. The minimum Gasteiger partial charge on any atom is -0.495 e. The molecule has 0 fully saturated rings. The van der Waals surface area contributed by atoms with Crippen molar-refractivity contribution in [3.8, 4) is 5.75 Å². The lowest BCUT2D eigenvalue weighted by molar-refractivity contribution is 0.420. The Hall–Kier alpha value is -0.730. The molecule has 0 unspecified atom stereocenters. The second-order valence-electron chi connectivity index (χ2n) is 2.87. The third-order valence-corrected chi connectivity index (χ3v) is 3.49. The predicted octanol–water partition coefficient (Wildman–Crippen LogP) is 3.87. The number of methoxy groups -OCH3 is 1. The van der Waals surface area contributed by atoms with Crippen LogP contribution in [0.25, 0.3) is 10.1 Å². The second kappa shape index (κ2) is 3.20. The zero-order valence-corrected chi connectivity index (χ0v) is 9.00. The van der Waals surface area contributed by atoms with Gasteiger partial charge in [0.25, 0.3) is 0 Å². The Balaban J connectivity index is 2.87. The van der Waals surface area contributed by atoms with Gasteiger partial charge in [-0.1, -0.05) is 17.7 Å². The van der Waals surface area contributed by atoms with E-state index >= 15 is 0 Å². The highest BCUT2D eigenvalue weighted by Gasteiger charge is 2.08. The number of aryl methyl sites for hydroxylation is 1. The third-order valence-electron chi connectivity index (χ3n) is 2.07. The number of hydrogen-bond acceptors (Lipinski definition) is 2. The van der Waals surface area contributed by atoms with Crippen LogP contribution in [0.4, 0.5) is 0 Å². The molecule has 68 valence electrons. The fourth-order valence-electron chi connectivity index (χ4n) is 1.41. The molecule has 0 aliphatic carbocycles. The smallest absolute Gasteiger partial charge is 0.136 e. The van der Waals surface area contributed by atoms with Gasteiger partial charge in [-0.25, -0.2) is 0 Å². The van der Waals surface area contributed by atoms with Gasteiger partial charge in [0.15, 0.2) is 0 Å². The third kappa shape index (κ3) is 1.30. The van der Waals surface area contributed by atoms with Crippen LogP contribution >= 0.6 is 22.9 Å². The van der Waals surface area contributed by atoms with E-state index in [2.05, 4.69) is 6.92 Å². The highest BCUT2D eigenvalue weighted by atomic mass is 35.5. The van der Waals surface area contributed by atoms with Gasteiger partial charge in [-0.05, 0) is 18.6 Å². The molecule has 13 heavy (non-hydrogen) atoms. The van der Waals surface area contributed by atoms with Crippen LogP contribution in [0.5, 0.6) is 5.75 Å². The Bertz CT molecular complexity index is 447. The molecule has 0 N–H and O–H groups in total. The van der Waals surface area contributed by atoms with Crippen LogP contribution in [0, 0.1) is 6.92 Å². The Morgan fingerprint density at radius 2 is 2.15 bits per heavy atom. The summed E-state index contributed by atoms with van der Waals surface area (Å²) in [5.41, 5.74) is 1.20. The Kier molecular flexibility index (Phi) is 2.18. The Morgan fingerprint density at radius 3 is 2.85 bits per heavy atom. The average Bonchev–Trinajstić information content (AvgIpc) is 2.50. The van der Waals surface area contributed by atoms with Crippen LogP contribution < -0.4 is 4.74 Å². The van der Waals surface area contributed by atoms with Crippen molar-refractivity contribution in [2.45, 2.75) is 6.92 Å². The normalized spacial score (nSPS) is 10.7. The number of hydrogen-bond donors (Lipinski definition) is 0. The Morgan fingerprint density at radius 1 is 1.38 bits per heavy atom. The molecule has 2 rings (SSSR count). The average molecular weight is 213 g/mol. The summed E-state index contributed by atoms with van der Waals surface area (Å²) in [5.74, 6) is 0.900. The lowest BCUT2D eigenvalue weighted by Gasteiger charge is -2.03. The minimum absolute atomic E-state index is 0.816. The summed E-state index contributed by atoms with van der Waals surface area (Å²) < 4.78 is 6.38. The maximum atomic E-state index is 6.06. The first-order valence-corrected chi connectivity index (χ1v) is 5.20. The molecule has 1 heterocycles. The summed E-state index contributed by atoms with van der Waals surface area (Å²) in [6.45, 7) is 2.06. The molecule has 0 spiro atoms. The molecule has 0 aliphatic rings. The topological polar surface area (TPSA) is 9.23 Å². The van der Waals surface area contributed by atoms with Crippen LogP contribution in [0.1, 0.15) is 5.56 Å². The number of halogens is 1. The zero-order valence-electron chi connectivity index (χ0n) is 7.43. The van der Waals surface area contributed by atoms with Crippen molar-refractivity contribution >= 4 is 33.0 Å². The van der Waals surface area contributed by atoms with E-state index in [1.807, 2.05) is 17.5 Å². The van der Waals surface area contributed by atoms with Gasteiger partial charge in [-0.15, -0.1) is 11.3 Å². The number of benzene rings is 1. The molecule has 1 aromatic carbocycles. The van der Waals surface area contributed by atoms with E-state index in [0.29, 0.717) is 0 Å². The van der Waals surface area contributed by atoms with Gasteiger partial charge >= 0.3 is 0 Å². The lowest BCUT2D eigenvalue weighted by atomic mass is 10.1. The van der Waals surface area contributed by atoms with Crippen molar-refractivity contribution < 1.29 is 4.74 Å². The molecule has 0 bridgehead atoms. The summed E-state index contributed by atoms with van der Waals surface area (Å²) in [6, 6.07) is 4.00. The summed E-state index contributed by atoms with van der Waals surface area (Å²) in [6.07, 6.45) is 0. The summed E-state index contributed by atoms with van der Waals surface area (Å²) in [5, 5.41) is 3.88. The summed E-state index contributed by atoms with van der Waals surface area (Å²) in [4.78, 5) is 0. The van der Waals surface area contributed by atoms with Gasteiger partial charge in [-0.2, -0.15) is 0 Å². The van der Waals surface area contributed by atoms with E-state index in [1.54, 1.807) is 18.4 Å². The zero-order chi connectivity index (χ0) is 9.42. The Labute approximate surface area is 85.9 Å². The predicted molar refractivity (Wildman–Crippen MR) is 58.1 cm³/mol. The number of rotatable bonds is 1. The summed E-state index contributed by atoms with van der Waals surface area (Å²) >= 11 is 7.68. The molecule has 0 saturated carbocycles. The highest BCUT2D eigenvalue weighted by molar-refractivity contribution is 7.18. The summed E-state index contributed by atoms with van der Waals surface area (Å²) in [7, 11) is 1.68. The largest absolute Gasteiger partial charge is 0.495 e. The van der Waals surface area contributed by atoms with Gasteiger partial charge in [0.05, 0.1) is 16.8 Å². The van der Waals surface area contributed by atoms with Crippen molar-refractivity contribution in [2.24, 2.45) is 0 Å². The van der Waals surface area contributed by atoms with Crippen LogP contribution in [-0.2, 0) is 0 Å². The molecule has 3 heteroatoms. The van der Waals surface area contributed by atoms with E-state index in [9.17, 15) is 0 Å². The fraction of sp³-hybridized carbons (Fsp3) is 0.200. The van der Waals surface area contributed by atoms with Crippen LogP contribution in [0.2, 0.25) is 5.02 Å². The van der Waals surface area contributed by atoms with Gasteiger partial charge < -0.3 is 4.74 Å². The van der Waals surface area contributed by atoms with E-state index in [1.165, 1.54) is 5.56 Å². The molecule has 0 aliphatic heterocycles. The van der Waals surface area contributed by atoms with Gasteiger partial charge in [-0.3, -0.25) is 0 Å². The SMILES string of the molecule is COc1ccc(C)c2c(Cl)csc12. The van der Waals surface area contributed by atoms with Crippen LogP contribution in [0.3, 0.4) is 0 Å². The number of thiophene rings is 1. The van der Waals surface area contributed by atoms with Gasteiger partial charge in [0, 0.05) is 10.8 Å². The molecule has 1 aromatic heterocycles. The molecule has 2 aromatic rings. The fourth-order valence-corrected chi connectivity index (χ4v) is 2.83. The molecule has 0 amide bonds. The number of fused-ring (bicyclic) bond motifs is 1. The highest BCUT2D eigenvalue weighted by Crippen LogP contribution is 2.38. The van der Waals surface area contributed by atoms with Crippen LogP contribution in [-0.4, -0.2) is 7.11 Å². The van der Waals surface area contributed by atoms with E-state index in [0.717, 1.165) is 20.9 Å². The first-order chi connectivity index (χ1) is 6.24. The van der Waals surface area contributed by atoms with Gasteiger partial charge in [0.1, 0.15) is 5.75 Å². The quantitative estimate of drug-likeness (QED) is 0.697. The van der Waals surface area contributed by atoms with Crippen molar-refractivity contribution in [2.75, 3.05) is 7.11 Å². The van der Waals surface area contributed by atoms with Crippen LogP contribution in [0.15, 0.2) is 17.5 Å². The van der Waals surface area contributed by atoms with E-state index in [4.69, 9.17) is 16.3 Å². The maximum absolute atomic E-state index is 6.06. The van der Waals surface area contributed by atoms with Crippen molar-refractivity contribution in [1.82, 2.24) is 0 Å². The first kappa shape index (κ1) is 8.85. The van der Waals surface area contributed by atoms with Gasteiger partial charge in [0.2, 0.25) is 0 Å². The van der Waals surface area contributed by atoms with Crippen molar-refractivity contribution in [3.63, 3.8) is 0 Å². The monoisotopic (exact) mass is 212 g/mol. The van der Waals surface area contributed by atoms with E-state index < -0.39 is 0 Å². The molecule has 1 nitrogen and oxygen atoms in total. The van der Waals surface area contributed by atoms with Crippen molar-refractivity contribution in [1.29, 1.82) is 0 Å². The molecular formula is C10H9ClOS. The standard InChI is InChI=1S/C10H9ClOS/c1-6-3-4-8(12-2)10-9(6)7(11)5-13-10/h3-5H,1-2H3. The van der Waals surface area contributed by atoms with Crippen molar-refractivity contribution in [3.05, 3.63) is 28.1 Å². The molecule has 0 saturated heterocycles. The molecular weight excluding hydrogens is 204 g/mol. The molecule has 0 radical (unpaired) electrons. The van der Waals surface area contributed by atoms with E-state index in [-0.39, 0.29) is 0 Å². The minimum atomic E-state index is 0.816.